The quantitative estimate of drug-likeness (QED) is 0.421. The smallest absolute Gasteiger partial charge is 0.308 e. The van der Waals surface area contributed by atoms with Crippen molar-refractivity contribution in [2.75, 3.05) is 0 Å². The number of rotatable bonds is 2. The number of benzene rings is 1. The van der Waals surface area contributed by atoms with E-state index in [1.54, 1.807) is 0 Å². The van der Waals surface area contributed by atoms with Gasteiger partial charge in [-0.15, -0.1) is 0 Å². The third-order valence-electron chi connectivity index (χ3n) is 1.37. The zero-order chi connectivity index (χ0) is 9.84. The molecule has 0 saturated heterocycles. The highest BCUT2D eigenvalue weighted by molar-refractivity contribution is 5.77. The van der Waals surface area contributed by atoms with E-state index in [9.17, 15) is 14.7 Å². The molecule has 0 atom stereocenters. The Bertz CT molecular complexity index is 343. The minimum absolute atomic E-state index is 0.00269. The lowest BCUT2D eigenvalue weighted by atomic mass is 10.2. The maximum Gasteiger partial charge on any atom is 0.308 e. The van der Waals surface area contributed by atoms with Crippen LogP contribution in [0.1, 0.15) is 17.3 Å². The average Bonchev–Trinajstić information content (AvgIpc) is 2.08. The van der Waals surface area contributed by atoms with Crippen LogP contribution in [0.5, 0.6) is 11.5 Å². The number of phenolic OH excluding ortho intramolecular Hbond substituents is 1. The molecule has 1 rings (SSSR count). The van der Waals surface area contributed by atoms with Crippen molar-refractivity contribution in [1.82, 2.24) is 0 Å². The second-order valence-electron chi connectivity index (χ2n) is 2.44. The molecule has 0 fully saturated rings. The third kappa shape index (κ3) is 2.30. The first kappa shape index (κ1) is 9.25. The van der Waals surface area contributed by atoms with Crippen LogP contribution in [-0.2, 0) is 4.79 Å². The summed E-state index contributed by atoms with van der Waals surface area (Å²) in [5.74, 6) is -0.712. The van der Waals surface area contributed by atoms with Crippen LogP contribution in [0.2, 0.25) is 0 Å². The van der Waals surface area contributed by atoms with Gasteiger partial charge in [0.25, 0.3) is 0 Å². The van der Waals surface area contributed by atoms with E-state index >= 15 is 0 Å². The lowest BCUT2D eigenvalue weighted by molar-refractivity contribution is -0.132. The molecule has 68 valence electrons. The van der Waals surface area contributed by atoms with Crippen LogP contribution >= 0.6 is 0 Å². The zero-order valence-electron chi connectivity index (χ0n) is 6.98. The second-order valence-corrected chi connectivity index (χ2v) is 2.44. The van der Waals surface area contributed by atoms with Gasteiger partial charge in [-0.25, -0.2) is 0 Å². The van der Waals surface area contributed by atoms with Crippen molar-refractivity contribution in [3.8, 4) is 11.5 Å². The molecule has 0 amide bonds. The highest BCUT2D eigenvalue weighted by Gasteiger charge is 2.05. The summed E-state index contributed by atoms with van der Waals surface area (Å²) < 4.78 is 4.64. The fourth-order valence-electron chi connectivity index (χ4n) is 0.841. The summed E-state index contributed by atoms with van der Waals surface area (Å²) in [6.45, 7) is 1.22. The lowest BCUT2D eigenvalue weighted by Crippen LogP contribution is -2.01. The van der Waals surface area contributed by atoms with E-state index in [1.165, 1.54) is 25.1 Å². The Kier molecular flexibility index (Phi) is 2.64. The Labute approximate surface area is 74.8 Å². The first-order chi connectivity index (χ1) is 6.13. The van der Waals surface area contributed by atoms with Crippen LogP contribution < -0.4 is 4.74 Å². The number of phenols is 1. The molecule has 0 saturated carbocycles. The SMILES string of the molecule is CC(=O)Oc1cc(C=O)ccc1O. The first-order valence-corrected chi connectivity index (χ1v) is 3.60. The van der Waals surface area contributed by atoms with Gasteiger partial charge >= 0.3 is 5.97 Å². The molecule has 1 N–H and O–H groups in total. The van der Waals surface area contributed by atoms with Crippen LogP contribution in [0.4, 0.5) is 0 Å². The van der Waals surface area contributed by atoms with E-state index < -0.39 is 5.97 Å². The number of ether oxygens (including phenoxy) is 1. The van der Waals surface area contributed by atoms with Gasteiger partial charge in [-0.05, 0) is 18.2 Å². The minimum Gasteiger partial charge on any atom is -0.504 e. The van der Waals surface area contributed by atoms with Crippen molar-refractivity contribution in [2.45, 2.75) is 6.92 Å². The summed E-state index contributed by atoms with van der Waals surface area (Å²) in [4.78, 5) is 20.9. The molecule has 0 spiro atoms. The van der Waals surface area contributed by atoms with Crippen LogP contribution in [-0.4, -0.2) is 17.4 Å². The summed E-state index contributed by atoms with van der Waals surface area (Å²) in [6, 6.07) is 4.01. The predicted molar refractivity (Wildman–Crippen MR) is 44.8 cm³/mol. The van der Waals surface area contributed by atoms with Gasteiger partial charge in [0.1, 0.15) is 6.29 Å². The Balaban J connectivity index is 3.03. The molecule has 0 aliphatic heterocycles. The Morgan fingerprint density at radius 2 is 2.23 bits per heavy atom. The average molecular weight is 180 g/mol. The molecule has 0 heterocycles. The number of hydrogen-bond acceptors (Lipinski definition) is 4. The summed E-state index contributed by atoms with van der Waals surface area (Å²) in [6.07, 6.45) is 0.604. The van der Waals surface area contributed by atoms with Crippen LogP contribution in [0.3, 0.4) is 0 Å². The van der Waals surface area contributed by atoms with E-state index in [2.05, 4.69) is 4.74 Å². The molecule has 0 radical (unpaired) electrons. The predicted octanol–water partition coefficient (Wildman–Crippen LogP) is 1.13. The van der Waals surface area contributed by atoms with Gasteiger partial charge in [0.15, 0.2) is 11.5 Å². The number of aldehydes is 1. The summed E-state index contributed by atoms with van der Waals surface area (Å²) in [5, 5.41) is 9.19. The summed E-state index contributed by atoms with van der Waals surface area (Å²) in [7, 11) is 0. The van der Waals surface area contributed by atoms with E-state index in [1.807, 2.05) is 0 Å². The molecule has 0 aromatic heterocycles. The van der Waals surface area contributed by atoms with Crippen molar-refractivity contribution in [1.29, 1.82) is 0 Å². The molecule has 0 unspecified atom stereocenters. The molecule has 13 heavy (non-hydrogen) atoms. The Hall–Kier alpha value is -1.84. The Morgan fingerprint density at radius 1 is 1.54 bits per heavy atom. The zero-order valence-corrected chi connectivity index (χ0v) is 6.98. The normalized spacial score (nSPS) is 9.31. The van der Waals surface area contributed by atoms with Crippen molar-refractivity contribution < 1.29 is 19.4 Å². The van der Waals surface area contributed by atoms with Crippen LogP contribution in [0.25, 0.3) is 0 Å². The summed E-state index contributed by atoms with van der Waals surface area (Å²) >= 11 is 0. The molecule has 1 aromatic carbocycles. The second kappa shape index (κ2) is 3.71. The van der Waals surface area contributed by atoms with Gasteiger partial charge < -0.3 is 9.84 Å². The monoisotopic (exact) mass is 180 g/mol. The van der Waals surface area contributed by atoms with Crippen molar-refractivity contribution in [3.63, 3.8) is 0 Å². The van der Waals surface area contributed by atoms with Gasteiger partial charge in [0, 0.05) is 12.5 Å². The minimum atomic E-state index is -0.543. The molecule has 4 nitrogen and oxygen atoms in total. The molecule has 0 aliphatic rings. The summed E-state index contributed by atoms with van der Waals surface area (Å²) in [5.41, 5.74) is 0.342. The number of hydrogen-bond donors (Lipinski definition) is 1. The number of aromatic hydroxyl groups is 1. The molecule has 1 aromatic rings. The number of carbonyl (C=O) groups is 2. The van der Waals surface area contributed by atoms with E-state index in [-0.39, 0.29) is 11.5 Å². The maximum atomic E-state index is 10.5. The highest BCUT2D eigenvalue weighted by atomic mass is 16.5. The number of carbonyl (C=O) groups excluding carboxylic acids is 2. The van der Waals surface area contributed by atoms with Gasteiger partial charge in [-0.1, -0.05) is 0 Å². The largest absolute Gasteiger partial charge is 0.504 e. The Morgan fingerprint density at radius 3 is 2.77 bits per heavy atom. The maximum absolute atomic E-state index is 10.5. The molecule has 0 aliphatic carbocycles. The van der Waals surface area contributed by atoms with Gasteiger partial charge in [0.05, 0.1) is 0 Å². The first-order valence-electron chi connectivity index (χ1n) is 3.60. The fraction of sp³-hybridized carbons (Fsp3) is 0.111. The highest BCUT2D eigenvalue weighted by Crippen LogP contribution is 2.26. The molecular weight excluding hydrogens is 172 g/mol. The third-order valence-corrected chi connectivity index (χ3v) is 1.37. The molecule has 4 heteroatoms. The van der Waals surface area contributed by atoms with Gasteiger partial charge in [0.2, 0.25) is 0 Å². The van der Waals surface area contributed by atoms with Crippen molar-refractivity contribution in [3.05, 3.63) is 23.8 Å². The lowest BCUT2D eigenvalue weighted by Gasteiger charge is -2.03. The van der Waals surface area contributed by atoms with Crippen LogP contribution in [0, 0.1) is 0 Å². The number of esters is 1. The van der Waals surface area contributed by atoms with Gasteiger partial charge in [-0.2, -0.15) is 0 Å². The van der Waals surface area contributed by atoms with Crippen molar-refractivity contribution >= 4 is 12.3 Å². The topological polar surface area (TPSA) is 63.6 Å². The van der Waals surface area contributed by atoms with Crippen LogP contribution in [0.15, 0.2) is 18.2 Å². The van der Waals surface area contributed by atoms with E-state index in [0.717, 1.165) is 0 Å². The van der Waals surface area contributed by atoms with Crippen molar-refractivity contribution in [2.24, 2.45) is 0 Å². The van der Waals surface area contributed by atoms with Gasteiger partial charge in [-0.3, -0.25) is 9.59 Å². The van der Waals surface area contributed by atoms with E-state index in [0.29, 0.717) is 11.8 Å². The molecular formula is C9H8O4. The van der Waals surface area contributed by atoms with E-state index in [4.69, 9.17) is 0 Å². The molecule has 0 bridgehead atoms. The fourth-order valence-corrected chi connectivity index (χ4v) is 0.841. The standard InChI is InChI=1S/C9H8O4/c1-6(11)13-9-4-7(5-10)2-3-8(9)12/h2-5,12H,1H3.